The van der Waals surface area contributed by atoms with Gasteiger partial charge in [0.25, 0.3) is 0 Å². The van der Waals surface area contributed by atoms with Crippen LogP contribution in [0.15, 0.2) is 30.3 Å². The third kappa shape index (κ3) is 2.44. The van der Waals surface area contributed by atoms with E-state index in [0.717, 1.165) is 18.4 Å². The minimum absolute atomic E-state index is 0.581. The van der Waals surface area contributed by atoms with E-state index in [0.29, 0.717) is 12.1 Å². The van der Waals surface area contributed by atoms with Gasteiger partial charge < -0.3 is 5.11 Å². The summed E-state index contributed by atoms with van der Waals surface area (Å²) in [6.45, 7) is 3.45. The molecule has 2 fully saturated rings. The van der Waals surface area contributed by atoms with E-state index in [4.69, 9.17) is 0 Å². The Balaban J connectivity index is 1.84. The lowest BCUT2D eigenvalue weighted by Crippen LogP contribution is -2.56. The second kappa shape index (κ2) is 5.26. The third-order valence-corrected chi connectivity index (χ3v) is 4.95. The summed E-state index contributed by atoms with van der Waals surface area (Å²) in [6.07, 6.45) is 6.88. The molecule has 0 saturated carbocycles. The second-order valence-electron chi connectivity index (χ2n) is 6.28. The highest BCUT2D eigenvalue weighted by molar-refractivity contribution is 5.24. The summed E-state index contributed by atoms with van der Waals surface area (Å²) in [6, 6.07) is 11.5. The lowest BCUT2D eigenvalue weighted by Gasteiger charge is -2.52. The van der Waals surface area contributed by atoms with Crippen molar-refractivity contribution in [2.24, 2.45) is 0 Å². The number of hydrogen-bond acceptors (Lipinski definition) is 2. The van der Waals surface area contributed by atoms with Crippen molar-refractivity contribution < 1.29 is 5.11 Å². The molecule has 0 amide bonds. The Kier molecular flexibility index (Phi) is 3.64. The fourth-order valence-corrected chi connectivity index (χ4v) is 4.13. The summed E-state index contributed by atoms with van der Waals surface area (Å²) in [5.41, 5.74) is 0.518. The van der Waals surface area contributed by atoms with Gasteiger partial charge in [-0.2, -0.15) is 0 Å². The molecule has 2 heteroatoms. The smallest absolute Gasteiger partial charge is 0.0926 e. The standard InChI is InChI=1S/C17H25NO/c1-2-11-18-15-9-6-10-16(18)13-17(19,12-15)14-7-4-3-5-8-14/h3-5,7-8,15-16,19H,2,6,9-13H2,1H3. The SMILES string of the molecule is CCCN1C2CCCC1CC(O)(c1ccccc1)C2. The largest absolute Gasteiger partial charge is 0.385 e. The van der Waals surface area contributed by atoms with Gasteiger partial charge in [-0.05, 0) is 44.2 Å². The van der Waals surface area contributed by atoms with E-state index in [1.165, 1.54) is 32.2 Å². The Morgan fingerprint density at radius 2 is 1.79 bits per heavy atom. The summed E-state index contributed by atoms with van der Waals surface area (Å²) < 4.78 is 0. The molecule has 0 aromatic heterocycles. The fraction of sp³-hybridized carbons (Fsp3) is 0.647. The minimum Gasteiger partial charge on any atom is -0.385 e. The lowest BCUT2D eigenvalue weighted by atomic mass is 9.72. The molecule has 1 aromatic carbocycles. The molecule has 2 bridgehead atoms. The highest BCUT2D eigenvalue weighted by Gasteiger charge is 2.45. The van der Waals surface area contributed by atoms with Gasteiger partial charge in [0, 0.05) is 12.1 Å². The molecule has 2 aliphatic rings. The van der Waals surface area contributed by atoms with Crippen LogP contribution in [0.25, 0.3) is 0 Å². The molecule has 3 rings (SSSR count). The fourth-order valence-electron chi connectivity index (χ4n) is 4.13. The van der Waals surface area contributed by atoms with Gasteiger partial charge in [0.2, 0.25) is 0 Å². The molecule has 2 nitrogen and oxygen atoms in total. The van der Waals surface area contributed by atoms with Gasteiger partial charge in [0.1, 0.15) is 0 Å². The van der Waals surface area contributed by atoms with Crippen molar-refractivity contribution in [1.29, 1.82) is 0 Å². The van der Waals surface area contributed by atoms with E-state index in [2.05, 4.69) is 24.0 Å². The molecular weight excluding hydrogens is 234 g/mol. The van der Waals surface area contributed by atoms with Gasteiger partial charge in [-0.25, -0.2) is 0 Å². The molecule has 2 atom stereocenters. The van der Waals surface area contributed by atoms with E-state index < -0.39 is 5.60 Å². The first kappa shape index (κ1) is 13.1. The molecule has 2 saturated heterocycles. The highest BCUT2D eigenvalue weighted by Crippen LogP contribution is 2.44. The summed E-state index contributed by atoms with van der Waals surface area (Å²) in [5.74, 6) is 0. The normalized spacial score (nSPS) is 35.3. The molecule has 2 unspecified atom stereocenters. The minimum atomic E-state index is -0.596. The Bertz CT molecular complexity index is 403. The number of nitrogens with zero attached hydrogens (tertiary/aromatic N) is 1. The van der Waals surface area contributed by atoms with Crippen molar-refractivity contribution in [2.45, 2.75) is 63.1 Å². The van der Waals surface area contributed by atoms with E-state index in [1.807, 2.05) is 18.2 Å². The number of piperidine rings is 2. The van der Waals surface area contributed by atoms with E-state index in [9.17, 15) is 5.11 Å². The Labute approximate surface area is 116 Å². The monoisotopic (exact) mass is 259 g/mol. The molecule has 1 aromatic rings. The Morgan fingerprint density at radius 3 is 2.37 bits per heavy atom. The number of hydrogen-bond donors (Lipinski definition) is 1. The summed E-state index contributed by atoms with van der Waals surface area (Å²) in [7, 11) is 0. The van der Waals surface area contributed by atoms with Crippen LogP contribution in [-0.4, -0.2) is 28.6 Å². The first-order valence-corrected chi connectivity index (χ1v) is 7.76. The van der Waals surface area contributed by atoms with Crippen LogP contribution in [0.4, 0.5) is 0 Å². The highest BCUT2D eigenvalue weighted by atomic mass is 16.3. The van der Waals surface area contributed by atoms with E-state index >= 15 is 0 Å². The van der Waals surface area contributed by atoms with Crippen molar-refractivity contribution in [3.05, 3.63) is 35.9 Å². The van der Waals surface area contributed by atoms with Crippen LogP contribution in [0.3, 0.4) is 0 Å². The van der Waals surface area contributed by atoms with E-state index in [1.54, 1.807) is 0 Å². The molecule has 0 radical (unpaired) electrons. The zero-order valence-corrected chi connectivity index (χ0v) is 11.9. The van der Waals surface area contributed by atoms with Crippen molar-refractivity contribution in [2.75, 3.05) is 6.54 Å². The van der Waals surface area contributed by atoms with Crippen LogP contribution in [-0.2, 0) is 5.60 Å². The van der Waals surface area contributed by atoms with Crippen LogP contribution < -0.4 is 0 Å². The molecule has 104 valence electrons. The van der Waals surface area contributed by atoms with Gasteiger partial charge >= 0.3 is 0 Å². The maximum Gasteiger partial charge on any atom is 0.0926 e. The maximum atomic E-state index is 11.1. The zero-order chi connectivity index (χ0) is 13.3. The number of benzene rings is 1. The van der Waals surface area contributed by atoms with Gasteiger partial charge in [0.15, 0.2) is 0 Å². The van der Waals surface area contributed by atoms with Gasteiger partial charge in [-0.3, -0.25) is 4.90 Å². The summed E-state index contributed by atoms with van der Waals surface area (Å²) in [4.78, 5) is 2.67. The van der Waals surface area contributed by atoms with Gasteiger partial charge in [0.05, 0.1) is 5.60 Å². The van der Waals surface area contributed by atoms with Crippen molar-refractivity contribution in [3.63, 3.8) is 0 Å². The summed E-state index contributed by atoms with van der Waals surface area (Å²) >= 11 is 0. The quantitative estimate of drug-likeness (QED) is 0.900. The number of aliphatic hydroxyl groups is 1. The topological polar surface area (TPSA) is 23.5 Å². The van der Waals surface area contributed by atoms with Gasteiger partial charge in [-0.1, -0.05) is 43.7 Å². The molecule has 19 heavy (non-hydrogen) atoms. The van der Waals surface area contributed by atoms with Crippen LogP contribution in [0.2, 0.25) is 0 Å². The predicted octanol–water partition coefficient (Wildman–Crippen LogP) is 3.30. The van der Waals surface area contributed by atoms with E-state index in [-0.39, 0.29) is 0 Å². The number of fused-ring (bicyclic) bond motifs is 2. The Hall–Kier alpha value is -0.860. The van der Waals surface area contributed by atoms with Gasteiger partial charge in [-0.15, -0.1) is 0 Å². The lowest BCUT2D eigenvalue weighted by molar-refractivity contribution is -0.0964. The summed E-state index contributed by atoms with van der Waals surface area (Å²) in [5, 5.41) is 11.1. The average molecular weight is 259 g/mol. The molecule has 2 aliphatic heterocycles. The first-order chi connectivity index (χ1) is 9.23. The predicted molar refractivity (Wildman–Crippen MR) is 78.0 cm³/mol. The van der Waals surface area contributed by atoms with Crippen molar-refractivity contribution in [3.8, 4) is 0 Å². The second-order valence-corrected chi connectivity index (χ2v) is 6.28. The zero-order valence-electron chi connectivity index (χ0n) is 11.9. The van der Waals surface area contributed by atoms with Crippen molar-refractivity contribution in [1.82, 2.24) is 4.90 Å². The maximum absolute atomic E-state index is 11.1. The molecule has 0 spiro atoms. The van der Waals surface area contributed by atoms with Crippen LogP contribution in [0.5, 0.6) is 0 Å². The average Bonchev–Trinajstić information content (AvgIpc) is 2.41. The molecule has 2 heterocycles. The third-order valence-electron chi connectivity index (χ3n) is 4.95. The van der Waals surface area contributed by atoms with Crippen LogP contribution in [0.1, 0.15) is 51.0 Å². The first-order valence-electron chi connectivity index (χ1n) is 7.76. The molecule has 1 N–H and O–H groups in total. The van der Waals surface area contributed by atoms with Crippen LogP contribution in [0, 0.1) is 0 Å². The molecular formula is C17H25NO. The molecule has 0 aliphatic carbocycles. The van der Waals surface area contributed by atoms with Crippen LogP contribution >= 0.6 is 0 Å². The number of rotatable bonds is 3. The van der Waals surface area contributed by atoms with Crippen molar-refractivity contribution >= 4 is 0 Å². The Morgan fingerprint density at radius 1 is 1.16 bits per heavy atom.